The Morgan fingerprint density at radius 3 is 2.60 bits per heavy atom. The Morgan fingerprint density at radius 1 is 1.30 bits per heavy atom. The summed E-state index contributed by atoms with van der Waals surface area (Å²) in [5, 5.41) is 11.9. The van der Waals surface area contributed by atoms with Gasteiger partial charge in [-0.2, -0.15) is 0 Å². The summed E-state index contributed by atoms with van der Waals surface area (Å²) in [7, 11) is 0. The van der Waals surface area contributed by atoms with Crippen molar-refractivity contribution in [1.82, 2.24) is 15.3 Å². The molecule has 2 aromatic rings. The molecule has 2 heterocycles. The van der Waals surface area contributed by atoms with E-state index in [9.17, 15) is 32.3 Å². The molecule has 0 saturated carbocycles. The molecule has 1 aliphatic heterocycles. The number of nitrogens with one attached hydrogen (secondary N) is 2. The SMILES string of the molecule is O=C(NC(CO)c1ccc(OC(F)(F)F)c(F)c1)c1cc(=O)[nH]c(N2CCCC2)n1. The Bertz CT molecular complexity index is 973. The number of anilines is 1. The zero-order valence-corrected chi connectivity index (χ0v) is 15.5. The van der Waals surface area contributed by atoms with Crippen LogP contribution in [-0.4, -0.2) is 47.0 Å². The van der Waals surface area contributed by atoms with Crippen molar-refractivity contribution >= 4 is 11.9 Å². The molecule has 1 aromatic heterocycles. The van der Waals surface area contributed by atoms with Crippen molar-refractivity contribution in [3.63, 3.8) is 0 Å². The molecule has 8 nitrogen and oxygen atoms in total. The zero-order valence-electron chi connectivity index (χ0n) is 15.5. The molecule has 1 saturated heterocycles. The summed E-state index contributed by atoms with van der Waals surface area (Å²) in [4.78, 5) is 32.9. The van der Waals surface area contributed by atoms with Crippen LogP contribution < -0.4 is 20.5 Å². The maximum Gasteiger partial charge on any atom is 0.573 e. The van der Waals surface area contributed by atoms with E-state index in [1.54, 1.807) is 0 Å². The van der Waals surface area contributed by atoms with E-state index in [0.29, 0.717) is 19.2 Å². The number of H-pyrrole nitrogens is 1. The minimum absolute atomic E-state index is 0.00230. The van der Waals surface area contributed by atoms with Gasteiger partial charge in [0.05, 0.1) is 12.6 Å². The fraction of sp³-hybridized carbons (Fsp3) is 0.389. The lowest BCUT2D eigenvalue weighted by Gasteiger charge is -2.19. The van der Waals surface area contributed by atoms with E-state index >= 15 is 0 Å². The summed E-state index contributed by atoms with van der Waals surface area (Å²) in [5.74, 6) is -2.93. The van der Waals surface area contributed by atoms with E-state index in [4.69, 9.17) is 0 Å². The van der Waals surface area contributed by atoms with Crippen LogP contribution in [0.1, 0.15) is 34.9 Å². The molecule has 1 unspecified atom stereocenters. The first-order valence-electron chi connectivity index (χ1n) is 8.99. The second kappa shape index (κ2) is 8.69. The van der Waals surface area contributed by atoms with Crippen LogP contribution in [-0.2, 0) is 0 Å². The van der Waals surface area contributed by atoms with E-state index < -0.39 is 42.0 Å². The number of rotatable bonds is 6. The number of aliphatic hydroxyl groups is 1. The van der Waals surface area contributed by atoms with Crippen LogP contribution in [0.4, 0.5) is 23.5 Å². The highest BCUT2D eigenvalue weighted by Gasteiger charge is 2.32. The van der Waals surface area contributed by atoms with E-state index in [-0.39, 0.29) is 17.2 Å². The van der Waals surface area contributed by atoms with E-state index in [1.807, 2.05) is 4.90 Å². The molecule has 1 aliphatic rings. The van der Waals surface area contributed by atoms with Gasteiger partial charge in [-0.1, -0.05) is 6.07 Å². The maximum atomic E-state index is 13.9. The van der Waals surface area contributed by atoms with Crippen LogP contribution in [0.25, 0.3) is 0 Å². The summed E-state index contributed by atoms with van der Waals surface area (Å²) < 4.78 is 54.3. The summed E-state index contributed by atoms with van der Waals surface area (Å²) in [6.07, 6.45) is -3.22. The van der Waals surface area contributed by atoms with Gasteiger partial charge >= 0.3 is 6.36 Å². The number of carbonyl (C=O) groups is 1. The van der Waals surface area contributed by atoms with Gasteiger partial charge in [-0.25, -0.2) is 9.37 Å². The van der Waals surface area contributed by atoms with Crippen LogP contribution in [0.5, 0.6) is 5.75 Å². The van der Waals surface area contributed by atoms with Gasteiger partial charge in [-0.3, -0.25) is 14.6 Å². The predicted molar refractivity (Wildman–Crippen MR) is 96.7 cm³/mol. The highest BCUT2D eigenvalue weighted by Crippen LogP contribution is 2.27. The average Bonchev–Trinajstić information content (AvgIpc) is 3.21. The lowest BCUT2D eigenvalue weighted by Crippen LogP contribution is -2.33. The lowest BCUT2D eigenvalue weighted by molar-refractivity contribution is -0.275. The van der Waals surface area contributed by atoms with E-state index in [1.165, 1.54) is 0 Å². The lowest BCUT2D eigenvalue weighted by atomic mass is 10.1. The number of benzene rings is 1. The number of aromatic amines is 1. The number of aliphatic hydroxyl groups excluding tert-OH is 1. The molecule has 1 fully saturated rings. The summed E-state index contributed by atoms with van der Waals surface area (Å²) >= 11 is 0. The van der Waals surface area contributed by atoms with Crippen LogP contribution in [0.15, 0.2) is 29.1 Å². The molecule has 1 aromatic carbocycles. The Morgan fingerprint density at radius 2 is 2.00 bits per heavy atom. The smallest absolute Gasteiger partial charge is 0.403 e. The number of hydrogen-bond acceptors (Lipinski definition) is 6. The fourth-order valence-electron chi connectivity index (χ4n) is 3.05. The quantitative estimate of drug-likeness (QED) is 0.604. The number of nitrogens with zero attached hydrogens (tertiary/aromatic N) is 2. The zero-order chi connectivity index (χ0) is 21.9. The second-order valence-corrected chi connectivity index (χ2v) is 6.59. The number of ether oxygens (including phenoxy) is 1. The van der Waals surface area contributed by atoms with E-state index in [2.05, 4.69) is 20.0 Å². The number of carbonyl (C=O) groups excluding carboxylic acids is 1. The van der Waals surface area contributed by atoms with Crippen molar-refractivity contribution in [2.45, 2.75) is 25.2 Å². The number of halogens is 4. The highest BCUT2D eigenvalue weighted by atomic mass is 19.4. The molecular formula is C18H18F4N4O4. The molecule has 0 radical (unpaired) electrons. The van der Waals surface area contributed by atoms with Gasteiger partial charge in [0.25, 0.3) is 11.5 Å². The summed E-state index contributed by atoms with van der Waals surface area (Å²) in [6.45, 7) is 0.685. The topological polar surface area (TPSA) is 108 Å². The van der Waals surface area contributed by atoms with Crippen LogP contribution in [0.3, 0.4) is 0 Å². The first-order valence-corrected chi connectivity index (χ1v) is 8.99. The first kappa shape index (κ1) is 21.6. The minimum atomic E-state index is -5.06. The van der Waals surface area contributed by atoms with Gasteiger partial charge in [-0.05, 0) is 30.5 Å². The van der Waals surface area contributed by atoms with Gasteiger partial charge in [0.2, 0.25) is 5.95 Å². The molecule has 3 N–H and O–H groups in total. The Labute approximate surface area is 167 Å². The average molecular weight is 430 g/mol. The standard InChI is InChI=1S/C18H18F4N4O4/c19-11-7-10(3-4-14(11)30-18(20,21)22)13(9-27)23-16(29)12-8-15(28)25-17(24-12)26-5-1-2-6-26/h3-4,7-8,13,27H,1-2,5-6,9H2,(H,23,29)(H,24,25,28). The molecule has 30 heavy (non-hydrogen) atoms. The van der Waals surface area contributed by atoms with E-state index in [0.717, 1.165) is 31.0 Å². The second-order valence-electron chi connectivity index (χ2n) is 6.59. The van der Waals surface area contributed by atoms with Gasteiger partial charge in [0.1, 0.15) is 5.69 Å². The van der Waals surface area contributed by atoms with Crippen LogP contribution >= 0.6 is 0 Å². The molecule has 0 bridgehead atoms. The third kappa shape index (κ3) is 5.26. The van der Waals surface area contributed by atoms with Crippen molar-refractivity contribution in [2.75, 3.05) is 24.6 Å². The molecule has 0 spiro atoms. The summed E-state index contributed by atoms with van der Waals surface area (Å²) in [6, 6.07) is 2.35. The molecule has 3 rings (SSSR count). The van der Waals surface area contributed by atoms with Crippen LogP contribution in [0.2, 0.25) is 0 Å². The number of amides is 1. The third-order valence-corrected chi connectivity index (χ3v) is 4.44. The normalized spacial score (nSPS) is 15.2. The van der Waals surface area contributed by atoms with Crippen molar-refractivity contribution in [3.8, 4) is 5.75 Å². The molecule has 1 amide bonds. The number of aromatic nitrogens is 2. The number of alkyl halides is 3. The van der Waals surface area contributed by atoms with Gasteiger partial charge < -0.3 is 20.1 Å². The van der Waals surface area contributed by atoms with Crippen molar-refractivity contribution < 1.29 is 32.2 Å². The Balaban J connectivity index is 1.78. The molecule has 1 atom stereocenters. The molecule has 162 valence electrons. The Hall–Kier alpha value is -3.15. The van der Waals surface area contributed by atoms with Crippen molar-refractivity contribution in [1.29, 1.82) is 0 Å². The highest BCUT2D eigenvalue weighted by molar-refractivity contribution is 5.92. The molecule has 12 heteroatoms. The predicted octanol–water partition coefficient (Wildman–Crippen LogP) is 1.87. The van der Waals surface area contributed by atoms with Crippen molar-refractivity contribution in [3.05, 3.63) is 51.7 Å². The first-order chi connectivity index (χ1) is 14.2. The molecule has 0 aliphatic carbocycles. The van der Waals surface area contributed by atoms with Crippen molar-refractivity contribution in [2.24, 2.45) is 0 Å². The van der Waals surface area contributed by atoms with Gasteiger partial charge in [-0.15, -0.1) is 13.2 Å². The molecular weight excluding hydrogens is 412 g/mol. The van der Waals surface area contributed by atoms with Crippen LogP contribution in [0, 0.1) is 5.82 Å². The van der Waals surface area contributed by atoms with Gasteiger partial charge in [0, 0.05) is 19.2 Å². The third-order valence-electron chi connectivity index (χ3n) is 4.44. The monoisotopic (exact) mass is 430 g/mol. The Kier molecular flexibility index (Phi) is 6.25. The number of hydrogen-bond donors (Lipinski definition) is 3. The fourth-order valence-corrected chi connectivity index (χ4v) is 3.05. The minimum Gasteiger partial charge on any atom is -0.403 e. The van der Waals surface area contributed by atoms with Gasteiger partial charge in [0.15, 0.2) is 11.6 Å². The summed E-state index contributed by atoms with van der Waals surface area (Å²) in [5.41, 5.74) is -0.753. The maximum absolute atomic E-state index is 13.9. The largest absolute Gasteiger partial charge is 0.573 e.